The van der Waals surface area contributed by atoms with Gasteiger partial charge in [0.15, 0.2) is 0 Å². The lowest BCUT2D eigenvalue weighted by Crippen LogP contribution is -2.33. The summed E-state index contributed by atoms with van der Waals surface area (Å²) in [6.07, 6.45) is -0.00875. The molecule has 0 radical (unpaired) electrons. The van der Waals surface area contributed by atoms with Gasteiger partial charge in [0.2, 0.25) is 0 Å². The zero-order chi connectivity index (χ0) is 8.20. The van der Waals surface area contributed by atoms with Crippen molar-refractivity contribution in [2.75, 3.05) is 27.3 Å². The molecule has 0 bridgehead atoms. The molecule has 1 nitrogen and oxygen atoms in total. The van der Waals surface area contributed by atoms with Gasteiger partial charge in [-0.1, -0.05) is 0 Å². The molecule has 0 N–H and O–H groups in total. The molecule has 1 unspecified atom stereocenters. The molecule has 3 heteroatoms. The first-order valence-corrected chi connectivity index (χ1v) is 3.37. The van der Waals surface area contributed by atoms with Gasteiger partial charge in [-0.3, -0.25) is 4.39 Å². The third-order valence-corrected chi connectivity index (χ3v) is 1.26. The first-order chi connectivity index (χ1) is 4.48. The third-order valence-electron chi connectivity index (χ3n) is 1.26. The number of rotatable bonds is 4. The Balaban J connectivity index is 3.63. The van der Waals surface area contributed by atoms with Gasteiger partial charge in [-0.15, -0.1) is 0 Å². The van der Waals surface area contributed by atoms with Crippen LogP contribution in [-0.4, -0.2) is 37.9 Å². The van der Waals surface area contributed by atoms with E-state index < -0.39 is 12.3 Å². The van der Waals surface area contributed by atoms with Gasteiger partial charge in [0.1, 0.15) is 5.67 Å². The van der Waals surface area contributed by atoms with Crippen molar-refractivity contribution in [1.29, 1.82) is 0 Å². The van der Waals surface area contributed by atoms with Crippen LogP contribution in [0, 0.1) is 0 Å². The Bertz CT molecular complexity index is 91.6. The predicted molar refractivity (Wildman–Crippen MR) is 38.7 cm³/mol. The Hall–Kier alpha value is -0.180. The Morgan fingerprint density at radius 2 is 1.90 bits per heavy atom. The van der Waals surface area contributed by atoms with E-state index in [1.807, 2.05) is 0 Å². The molecule has 1 atom stereocenters. The maximum Gasteiger partial charge on any atom is 0.123 e. The van der Waals surface area contributed by atoms with Gasteiger partial charge in [0, 0.05) is 13.0 Å². The maximum atomic E-state index is 13.1. The van der Waals surface area contributed by atoms with Crippen molar-refractivity contribution in [2.45, 2.75) is 19.0 Å². The zero-order valence-corrected chi connectivity index (χ0v) is 6.82. The largest absolute Gasteiger partial charge is 0.306 e. The molecule has 10 heavy (non-hydrogen) atoms. The van der Waals surface area contributed by atoms with E-state index in [1.165, 1.54) is 6.92 Å². The van der Waals surface area contributed by atoms with Crippen molar-refractivity contribution < 1.29 is 8.78 Å². The summed E-state index contributed by atoms with van der Waals surface area (Å²) in [5.41, 5.74) is -1.38. The summed E-state index contributed by atoms with van der Waals surface area (Å²) in [7, 11) is 3.55. The lowest BCUT2D eigenvalue weighted by Gasteiger charge is -2.22. The van der Waals surface area contributed by atoms with Crippen LogP contribution in [0.1, 0.15) is 13.3 Å². The van der Waals surface area contributed by atoms with E-state index in [1.54, 1.807) is 19.0 Å². The standard InChI is InChI=1S/C7H15F2N/c1-7(9,4-5-8)6-10(2)3/h4-6H2,1-3H3. The van der Waals surface area contributed by atoms with Crippen molar-refractivity contribution in [3.8, 4) is 0 Å². The van der Waals surface area contributed by atoms with Crippen LogP contribution < -0.4 is 0 Å². The second kappa shape index (κ2) is 3.86. The molecule has 0 rings (SSSR count). The molecule has 0 aliphatic heterocycles. The van der Waals surface area contributed by atoms with Crippen LogP contribution in [0.15, 0.2) is 0 Å². The predicted octanol–water partition coefficient (Wildman–Crippen LogP) is 1.64. The second-order valence-electron chi connectivity index (χ2n) is 3.09. The minimum Gasteiger partial charge on any atom is -0.306 e. The van der Waals surface area contributed by atoms with Crippen LogP contribution in [0.4, 0.5) is 8.78 Å². The topological polar surface area (TPSA) is 3.24 Å². The Morgan fingerprint density at radius 1 is 1.40 bits per heavy atom. The molecule has 0 aromatic carbocycles. The van der Waals surface area contributed by atoms with Crippen LogP contribution in [-0.2, 0) is 0 Å². The molecule has 0 aromatic rings. The number of nitrogens with zero attached hydrogens (tertiary/aromatic N) is 1. The van der Waals surface area contributed by atoms with Gasteiger partial charge in [-0.2, -0.15) is 0 Å². The Labute approximate surface area is 61.0 Å². The van der Waals surface area contributed by atoms with Crippen LogP contribution in [0.2, 0.25) is 0 Å². The minimum atomic E-state index is -1.38. The lowest BCUT2D eigenvalue weighted by molar-refractivity contribution is 0.117. The molecule has 0 amide bonds. The first kappa shape index (κ1) is 9.82. The van der Waals surface area contributed by atoms with Crippen molar-refractivity contribution in [3.63, 3.8) is 0 Å². The molecule has 0 aliphatic rings. The van der Waals surface area contributed by atoms with E-state index in [9.17, 15) is 8.78 Å². The Morgan fingerprint density at radius 3 is 2.20 bits per heavy atom. The van der Waals surface area contributed by atoms with Crippen LogP contribution in [0.3, 0.4) is 0 Å². The summed E-state index contributed by atoms with van der Waals surface area (Å²) in [4.78, 5) is 1.72. The van der Waals surface area contributed by atoms with Crippen LogP contribution >= 0.6 is 0 Å². The Kier molecular flexibility index (Phi) is 3.79. The fourth-order valence-electron chi connectivity index (χ4n) is 0.935. The zero-order valence-electron chi connectivity index (χ0n) is 6.82. The maximum absolute atomic E-state index is 13.1. The van der Waals surface area contributed by atoms with Gasteiger partial charge < -0.3 is 4.90 Å². The van der Waals surface area contributed by atoms with Crippen molar-refractivity contribution in [2.24, 2.45) is 0 Å². The first-order valence-electron chi connectivity index (χ1n) is 3.37. The van der Waals surface area contributed by atoms with E-state index in [0.717, 1.165) is 0 Å². The highest BCUT2D eigenvalue weighted by molar-refractivity contribution is 4.75. The number of halogens is 2. The van der Waals surface area contributed by atoms with Crippen LogP contribution in [0.25, 0.3) is 0 Å². The molecule has 0 aliphatic carbocycles. The fourth-order valence-corrected chi connectivity index (χ4v) is 0.935. The molecular formula is C7H15F2N. The normalized spacial score (nSPS) is 17.4. The van der Waals surface area contributed by atoms with Gasteiger partial charge in [-0.05, 0) is 21.0 Å². The van der Waals surface area contributed by atoms with Crippen LogP contribution in [0.5, 0.6) is 0 Å². The average Bonchev–Trinajstić information content (AvgIpc) is 1.59. The highest BCUT2D eigenvalue weighted by Crippen LogP contribution is 2.15. The quantitative estimate of drug-likeness (QED) is 0.590. The minimum absolute atomic E-state index is 0.00875. The van der Waals surface area contributed by atoms with Crippen molar-refractivity contribution >= 4 is 0 Å². The second-order valence-corrected chi connectivity index (χ2v) is 3.09. The van der Waals surface area contributed by atoms with Gasteiger partial charge in [-0.25, -0.2) is 4.39 Å². The third kappa shape index (κ3) is 4.68. The van der Waals surface area contributed by atoms with Crippen molar-refractivity contribution in [1.82, 2.24) is 4.90 Å². The SMILES string of the molecule is CN(C)CC(C)(F)CCF. The highest BCUT2D eigenvalue weighted by Gasteiger charge is 2.23. The van der Waals surface area contributed by atoms with E-state index >= 15 is 0 Å². The summed E-state index contributed by atoms with van der Waals surface area (Å²) < 4.78 is 24.7. The summed E-state index contributed by atoms with van der Waals surface area (Å²) in [5, 5.41) is 0. The van der Waals surface area contributed by atoms with Crippen molar-refractivity contribution in [3.05, 3.63) is 0 Å². The van der Waals surface area contributed by atoms with E-state index in [0.29, 0.717) is 0 Å². The monoisotopic (exact) mass is 151 g/mol. The van der Waals surface area contributed by atoms with E-state index in [4.69, 9.17) is 0 Å². The van der Waals surface area contributed by atoms with Gasteiger partial charge in [0.25, 0.3) is 0 Å². The molecule has 0 saturated carbocycles. The molecule has 0 saturated heterocycles. The highest BCUT2D eigenvalue weighted by atomic mass is 19.1. The smallest absolute Gasteiger partial charge is 0.123 e. The average molecular weight is 151 g/mol. The van der Waals surface area contributed by atoms with E-state index in [-0.39, 0.29) is 13.0 Å². The number of hydrogen-bond acceptors (Lipinski definition) is 1. The number of hydrogen-bond donors (Lipinski definition) is 0. The van der Waals surface area contributed by atoms with Gasteiger partial charge in [0.05, 0.1) is 6.67 Å². The molecule has 0 fully saturated rings. The van der Waals surface area contributed by atoms with Gasteiger partial charge >= 0.3 is 0 Å². The number of alkyl halides is 2. The molecule has 0 spiro atoms. The summed E-state index contributed by atoms with van der Waals surface area (Å²) >= 11 is 0. The molecule has 62 valence electrons. The summed E-state index contributed by atoms with van der Waals surface area (Å²) in [6, 6.07) is 0. The molecule has 0 aromatic heterocycles. The summed E-state index contributed by atoms with van der Waals surface area (Å²) in [5.74, 6) is 0. The van der Waals surface area contributed by atoms with E-state index in [2.05, 4.69) is 0 Å². The fraction of sp³-hybridized carbons (Fsp3) is 1.00. The molecule has 0 heterocycles. The lowest BCUT2D eigenvalue weighted by atomic mass is 10.1. The molecular weight excluding hydrogens is 136 g/mol. The summed E-state index contributed by atoms with van der Waals surface area (Å²) in [6.45, 7) is 1.13.